The zero-order valence-corrected chi connectivity index (χ0v) is 17.6. The molecule has 1 heterocycles. The molecule has 0 radical (unpaired) electrons. The summed E-state index contributed by atoms with van der Waals surface area (Å²) in [4.78, 5) is 11.9. The molecule has 0 saturated heterocycles. The average Bonchev–Trinajstić information content (AvgIpc) is 3.25. The zero-order valence-electron chi connectivity index (χ0n) is 17.6. The number of fused-ring (bicyclic) bond motifs is 1. The Morgan fingerprint density at radius 3 is 2.56 bits per heavy atom. The predicted octanol–water partition coefficient (Wildman–Crippen LogP) is 4.17. The van der Waals surface area contributed by atoms with Crippen LogP contribution in [0.15, 0.2) is 79.0 Å². The van der Waals surface area contributed by atoms with E-state index in [1.54, 1.807) is 23.0 Å². The average molecular weight is 433 g/mol. The standard InChI is InChI=1S/C25H24FN3O3/c1-2-22(28-24(31)16-30)25(17-6-4-3-5-7-17)32-21-12-13-23-18(14-21)15-27-29(23)20-10-8-19(26)9-11-20/h3-15,22,25,30H,2,16H2,1H3,(H,28,31)/t22-,25-/m0/s1. The minimum Gasteiger partial charge on any atom is -0.484 e. The minimum absolute atomic E-state index is 0.299. The largest absolute Gasteiger partial charge is 0.484 e. The Bertz CT molecular complexity index is 1190. The Morgan fingerprint density at radius 2 is 1.88 bits per heavy atom. The summed E-state index contributed by atoms with van der Waals surface area (Å²) in [5.74, 6) is -0.120. The zero-order chi connectivity index (χ0) is 22.5. The molecule has 2 N–H and O–H groups in total. The maximum absolute atomic E-state index is 13.3. The van der Waals surface area contributed by atoms with Gasteiger partial charge in [-0.05, 0) is 54.4 Å². The van der Waals surface area contributed by atoms with Gasteiger partial charge in [-0.2, -0.15) is 5.10 Å². The smallest absolute Gasteiger partial charge is 0.246 e. The lowest BCUT2D eigenvalue weighted by Gasteiger charge is -2.28. The van der Waals surface area contributed by atoms with E-state index in [0.29, 0.717) is 12.2 Å². The first-order valence-corrected chi connectivity index (χ1v) is 10.4. The molecule has 1 aromatic heterocycles. The van der Waals surface area contributed by atoms with Crippen molar-refractivity contribution in [1.82, 2.24) is 15.1 Å². The van der Waals surface area contributed by atoms with Crippen LogP contribution in [0.25, 0.3) is 16.6 Å². The topological polar surface area (TPSA) is 76.4 Å². The number of hydrogen-bond donors (Lipinski definition) is 2. The number of rotatable bonds is 8. The van der Waals surface area contributed by atoms with Crippen LogP contribution in [-0.4, -0.2) is 33.4 Å². The van der Waals surface area contributed by atoms with Crippen molar-refractivity contribution >= 4 is 16.8 Å². The number of nitrogens with one attached hydrogen (secondary N) is 1. The monoisotopic (exact) mass is 433 g/mol. The van der Waals surface area contributed by atoms with Crippen LogP contribution >= 0.6 is 0 Å². The lowest BCUT2D eigenvalue weighted by molar-refractivity contribution is -0.125. The molecule has 3 aromatic carbocycles. The molecule has 0 spiro atoms. The number of amides is 1. The third-order valence-corrected chi connectivity index (χ3v) is 5.30. The SMILES string of the molecule is CC[C@H](NC(=O)CO)[C@@H](Oc1ccc2c(cnn2-c2ccc(F)cc2)c1)c1ccccc1. The second-order valence-corrected chi connectivity index (χ2v) is 7.44. The van der Waals surface area contributed by atoms with Crippen molar-refractivity contribution in [2.45, 2.75) is 25.5 Å². The van der Waals surface area contributed by atoms with Gasteiger partial charge in [0.1, 0.15) is 24.3 Å². The molecule has 32 heavy (non-hydrogen) atoms. The molecular formula is C25H24FN3O3. The van der Waals surface area contributed by atoms with Gasteiger partial charge in [-0.15, -0.1) is 0 Å². The molecule has 0 bridgehead atoms. The second kappa shape index (κ2) is 9.62. The first-order chi connectivity index (χ1) is 15.6. The third-order valence-electron chi connectivity index (χ3n) is 5.30. The van der Waals surface area contributed by atoms with E-state index in [1.165, 1.54) is 12.1 Å². The van der Waals surface area contributed by atoms with Gasteiger partial charge in [-0.1, -0.05) is 37.3 Å². The van der Waals surface area contributed by atoms with E-state index in [4.69, 9.17) is 9.84 Å². The lowest BCUT2D eigenvalue weighted by atomic mass is 9.99. The molecule has 4 aromatic rings. The van der Waals surface area contributed by atoms with Crippen LogP contribution in [0, 0.1) is 5.82 Å². The van der Waals surface area contributed by atoms with E-state index in [9.17, 15) is 9.18 Å². The Morgan fingerprint density at radius 1 is 1.12 bits per heavy atom. The quantitative estimate of drug-likeness (QED) is 0.437. The highest BCUT2D eigenvalue weighted by atomic mass is 19.1. The van der Waals surface area contributed by atoms with Crippen molar-refractivity contribution in [3.05, 3.63) is 90.4 Å². The first-order valence-electron chi connectivity index (χ1n) is 10.4. The predicted molar refractivity (Wildman–Crippen MR) is 120 cm³/mol. The Labute approximate surface area is 185 Å². The molecule has 7 heteroatoms. The van der Waals surface area contributed by atoms with Crippen molar-refractivity contribution in [3.63, 3.8) is 0 Å². The summed E-state index contributed by atoms with van der Waals surface area (Å²) in [6.07, 6.45) is 1.91. The maximum atomic E-state index is 13.3. The number of nitrogens with zero attached hydrogens (tertiary/aromatic N) is 2. The summed E-state index contributed by atoms with van der Waals surface area (Å²) in [6.45, 7) is 1.38. The first kappa shape index (κ1) is 21.5. The van der Waals surface area contributed by atoms with E-state index in [-0.39, 0.29) is 11.9 Å². The molecule has 2 atom stereocenters. The summed E-state index contributed by atoms with van der Waals surface area (Å²) < 4.78 is 21.4. The van der Waals surface area contributed by atoms with Gasteiger partial charge >= 0.3 is 0 Å². The van der Waals surface area contributed by atoms with Crippen LogP contribution < -0.4 is 10.1 Å². The fourth-order valence-electron chi connectivity index (χ4n) is 3.69. The molecule has 6 nitrogen and oxygen atoms in total. The van der Waals surface area contributed by atoms with Gasteiger partial charge in [-0.3, -0.25) is 4.79 Å². The Balaban J connectivity index is 1.65. The third kappa shape index (κ3) is 4.63. The van der Waals surface area contributed by atoms with Gasteiger partial charge < -0.3 is 15.2 Å². The number of aliphatic hydroxyl groups is 1. The van der Waals surface area contributed by atoms with Crippen LogP contribution in [0.4, 0.5) is 4.39 Å². The van der Waals surface area contributed by atoms with Crippen molar-refractivity contribution in [2.75, 3.05) is 6.61 Å². The number of aromatic nitrogens is 2. The van der Waals surface area contributed by atoms with Crippen molar-refractivity contribution < 1.29 is 19.0 Å². The van der Waals surface area contributed by atoms with Crippen molar-refractivity contribution in [2.24, 2.45) is 0 Å². The summed E-state index contributed by atoms with van der Waals surface area (Å²) >= 11 is 0. The van der Waals surface area contributed by atoms with Crippen LogP contribution in [0.5, 0.6) is 5.75 Å². The fraction of sp³-hybridized carbons (Fsp3) is 0.200. The summed E-state index contributed by atoms with van der Waals surface area (Å²) in [7, 11) is 0. The van der Waals surface area contributed by atoms with E-state index in [0.717, 1.165) is 22.2 Å². The molecule has 0 aliphatic heterocycles. The van der Waals surface area contributed by atoms with Gasteiger partial charge in [0.15, 0.2) is 0 Å². The Kier molecular flexibility index (Phi) is 6.47. The van der Waals surface area contributed by atoms with Gasteiger partial charge in [0.05, 0.1) is 23.4 Å². The van der Waals surface area contributed by atoms with Crippen molar-refractivity contribution in [3.8, 4) is 11.4 Å². The highest BCUT2D eigenvalue weighted by Crippen LogP contribution is 2.29. The van der Waals surface area contributed by atoms with Crippen LogP contribution in [0.2, 0.25) is 0 Å². The summed E-state index contributed by atoms with van der Waals surface area (Å²) in [6, 6.07) is 21.1. The van der Waals surface area contributed by atoms with Crippen molar-refractivity contribution in [1.29, 1.82) is 0 Å². The minimum atomic E-state index is -0.577. The highest BCUT2D eigenvalue weighted by Gasteiger charge is 2.25. The van der Waals surface area contributed by atoms with Gasteiger partial charge in [0, 0.05) is 5.39 Å². The number of carbonyl (C=O) groups is 1. The fourth-order valence-corrected chi connectivity index (χ4v) is 3.69. The lowest BCUT2D eigenvalue weighted by Crippen LogP contribution is -2.42. The normalized spacial score (nSPS) is 13.0. The molecule has 164 valence electrons. The van der Waals surface area contributed by atoms with E-state index < -0.39 is 18.6 Å². The summed E-state index contributed by atoms with van der Waals surface area (Å²) in [5, 5.41) is 17.3. The molecular weight excluding hydrogens is 409 g/mol. The molecule has 0 saturated carbocycles. The second-order valence-electron chi connectivity index (χ2n) is 7.44. The van der Waals surface area contributed by atoms with E-state index >= 15 is 0 Å². The van der Waals surface area contributed by atoms with Crippen LogP contribution in [-0.2, 0) is 4.79 Å². The van der Waals surface area contributed by atoms with E-state index in [1.807, 2.05) is 55.5 Å². The number of ether oxygens (including phenoxy) is 1. The molecule has 1 amide bonds. The number of halogens is 1. The number of benzene rings is 3. The van der Waals surface area contributed by atoms with Gasteiger partial charge in [-0.25, -0.2) is 9.07 Å². The number of carbonyl (C=O) groups excluding carboxylic acids is 1. The molecule has 0 unspecified atom stereocenters. The highest BCUT2D eigenvalue weighted by molar-refractivity contribution is 5.81. The maximum Gasteiger partial charge on any atom is 0.246 e. The Hall–Kier alpha value is -3.71. The summed E-state index contributed by atoms with van der Waals surface area (Å²) in [5.41, 5.74) is 2.54. The van der Waals surface area contributed by atoms with Crippen LogP contribution in [0.1, 0.15) is 25.0 Å². The molecule has 0 fully saturated rings. The number of hydrogen-bond acceptors (Lipinski definition) is 4. The molecule has 0 aliphatic rings. The van der Waals surface area contributed by atoms with Crippen LogP contribution in [0.3, 0.4) is 0 Å². The molecule has 4 rings (SSSR count). The van der Waals surface area contributed by atoms with E-state index in [2.05, 4.69) is 10.4 Å². The van der Waals surface area contributed by atoms with Gasteiger partial charge in [0.2, 0.25) is 5.91 Å². The molecule has 0 aliphatic carbocycles. The number of aliphatic hydroxyl groups excluding tert-OH is 1. The van der Waals surface area contributed by atoms with Gasteiger partial charge in [0.25, 0.3) is 0 Å².